The van der Waals surface area contributed by atoms with E-state index in [1.807, 2.05) is 31.3 Å². The maximum atomic E-state index is 12.5. The monoisotopic (exact) mass is 372 g/mol. The summed E-state index contributed by atoms with van der Waals surface area (Å²) in [5.74, 6) is 0.696. The van der Waals surface area contributed by atoms with E-state index in [9.17, 15) is 4.79 Å². The van der Waals surface area contributed by atoms with Gasteiger partial charge in [-0.25, -0.2) is 0 Å². The van der Waals surface area contributed by atoms with Crippen molar-refractivity contribution in [1.29, 1.82) is 0 Å². The first-order chi connectivity index (χ1) is 12.6. The number of carbonyl (C=O) groups is 1. The molecule has 0 atom stereocenters. The largest absolute Gasteiger partial charge is 0.493 e. The summed E-state index contributed by atoms with van der Waals surface area (Å²) in [6.07, 6.45) is 2.71. The summed E-state index contributed by atoms with van der Waals surface area (Å²) in [5.41, 5.74) is 2.70. The molecule has 0 saturated carbocycles. The van der Waals surface area contributed by atoms with E-state index in [0.717, 1.165) is 11.9 Å². The van der Waals surface area contributed by atoms with Crippen LogP contribution in [0.1, 0.15) is 22.8 Å². The SMILES string of the molecule is CCOc1c(Cl)cc(C(=O)NCCc2c[nH]c3ccccc23)cc1OC. The number of fused-ring (bicyclic) bond motifs is 1. The Kier molecular flexibility index (Phi) is 5.68. The van der Waals surface area contributed by atoms with Gasteiger partial charge >= 0.3 is 0 Å². The molecule has 0 radical (unpaired) electrons. The zero-order chi connectivity index (χ0) is 18.5. The number of para-hydroxylation sites is 1. The van der Waals surface area contributed by atoms with Crippen LogP contribution in [0.25, 0.3) is 10.9 Å². The van der Waals surface area contributed by atoms with Crippen molar-refractivity contribution in [2.24, 2.45) is 0 Å². The molecule has 5 nitrogen and oxygen atoms in total. The van der Waals surface area contributed by atoms with Gasteiger partial charge < -0.3 is 19.8 Å². The van der Waals surface area contributed by atoms with Crippen molar-refractivity contribution in [3.8, 4) is 11.5 Å². The van der Waals surface area contributed by atoms with E-state index in [2.05, 4.69) is 16.4 Å². The van der Waals surface area contributed by atoms with E-state index >= 15 is 0 Å². The molecule has 1 heterocycles. The number of nitrogens with one attached hydrogen (secondary N) is 2. The minimum absolute atomic E-state index is 0.201. The molecule has 0 unspecified atom stereocenters. The number of methoxy groups -OCH3 is 1. The Morgan fingerprint density at radius 2 is 2.08 bits per heavy atom. The van der Waals surface area contributed by atoms with Crippen molar-refractivity contribution in [2.45, 2.75) is 13.3 Å². The number of ether oxygens (including phenoxy) is 2. The summed E-state index contributed by atoms with van der Waals surface area (Å²) >= 11 is 6.23. The lowest BCUT2D eigenvalue weighted by Crippen LogP contribution is -2.25. The van der Waals surface area contributed by atoms with Crippen LogP contribution in [0.3, 0.4) is 0 Å². The summed E-state index contributed by atoms with van der Waals surface area (Å²) in [6, 6.07) is 11.3. The van der Waals surface area contributed by atoms with Crippen LogP contribution < -0.4 is 14.8 Å². The number of benzene rings is 2. The summed E-state index contributed by atoms with van der Waals surface area (Å²) in [7, 11) is 1.52. The minimum Gasteiger partial charge on any atom is -0.493 e. The van der Waals surface area contributed by atoms with Crippen molar-refractivity contribution in [2.75, 3.05) is 20.3 Å². The molecule has 1 amide bonds. The van der Waals surface area contributed by atoms with Crippen molar-refractivity contribution < 1.29 is 14.3 Å². The Balaban J connectivity index is 1.67. The molecule has 2 aromatic carbocycles. The van der Waals surface area contributed by atoms with Crippen molar-refractivity contribution >= 4 is 28.4 Å². The molecule has 0 aliphatic rings. The Bertz CT molecular complexity index is 921. The first-order valence-corrected chi connectivity index (χ1v) is 8.85. The van der Waals surface area contributed by atoms with Crippen LogP contribution in [0, 0.1) is 0 Å². The highest BCUT2D eigenvalue weighted by Gasteiger charge is 2.15. The summed E-state index contributed by atoms with van der Waals surface area (Å²) in [4.78, 5) is 15.7. The molecule has 0 bridgehead atoms. The van der Waals surface area contributed by atoms with E-state index in [4.69, 9.17) is 21.1 Å². The molecule has 1 aromatic heterocycles. The van der Waals surface area contributed by atoms with Crippen molar-refractivity contribution in [3.63, 3.8) is 0 Å². The standard InChI is InChI=1S/C20H21ClN2O3/c1-3-26-19-16(21)10-14(11-18(19)25-2)20(24)22-9-8-13-12-23-17-7-5-4-6-15(13)17/h4-7,10-12,23H,3,8-9H2,1-2H3,(H,22,24). The fourth-order valence-electron chi connectivity index (χ4n) is 2.89. The number of carbonyl (C=O) groups excluding carboxylic acids is 1. The fourth-order valence-corrected chi connectivity index (χ4v) is 3.15. The lowest BCUT2D eigenvalue weighted by molar-refractivity contribution is 0.0953. The molecule has 0 aliphatic carbocycles. The highest BCUT2D eigenvalue weighted by atomic mass is 35.5. The zero-order valence-electron chi connectivity index (χ0n) is 14.8. The smallest absolute Gasteiger partial charge is 0.251 e. The van der Waals surface area contributed by atoms with Crippen LogP contribution in [0.5, 0.6) is 11.5 Å². The third kappa shape index (κ3) is 3.78. The van der Waals surface area contributed by atoms with Gasteiger partial charge in [0.25, 0.3) is 5.91 Å². The fraction of sp³-hybridized carbons (Fsp3) is 0.250. The molecule has 0 saturated heterocycles. The molecule has 0 fully saturated rings. The summed E-state index contributed by atoms with van der Waals surface area (Å²) < 4.78 is 10.8. The third-order valence-corrected chi connectivity index (χ3v) is 4.42. The van der Waals surface area contributed by atoms with Gasteiger partial charge in [0, 0.05) is 29.2 Å². The van der Waals surface area contributed by atoms with E-state index in [1.54, 1.807) is 12.1 Å². The second-order valence-electron chi connectivity index (χ2n) is 5.79. The molecule has 0 aliphatic heterocycles. The highest BCUT2D eigenvalue weighted by molar-refractivity contribution is 6.32. The number of rotatable bonds is 7. The summed E-state index contributed by atoms with van der Waals surface area (Å²) in [5, 5.41) is 4.45. The number of aromatic amines is 1. The highest BCUT2D eigenvalue weighted by Crippen LogP contribution is 2.36. The van der Waals surface area contributed by atoms with Gasteiger partial charge in [-0.2, -0.15) is 0 Å². The Morgan fingerprint density at radius 1 is 1.27 bits per heavy atom. The maximum Gasteiger partial charge on any atom is 0.251 e. The van der Waals surface area contributed by atoms with Crippen molar-refractivity contribution in [3.05, 3.63) is 58.7 Å². The number of H-pyrrole nitrogens is 1. The molecule has 6 heteroatoms. The number of amides is 1. The lowest BCUT2D eigenvalue weighted by Gasteiger charge is -2.13. The zero-order valence-corrected chi connectivity index (χ0v) is 15.5. The maximum absolute atomic E-state index is 12.5. The second-order valence-corrected chi connectivity index (χ2v) is 6.20. The van der Waals surface area contributed by atoms with Gasteiger partial charge in [0.05, 0.1) is 18.7 Å². The van der Waals surface area contributed by atoms with Crippen LogP contribution in [0.2, 0.25) is 5.02 Å². The molecular formula is C20H21ClN2O3. The molecule has 0 spiro atoms. The average molecular weight is 373 g/mol. The second kappa shape index (κ2) is 8.15. The van der Waals surface area contributed by atoms with Crippen LogP contribution in [-0.2, 0) is 6.42 Å². The van der Waals surface area contributed by atoms with E-state index < -0.39 is 0 Å². The molecule has 3 aromatic rings. The van der Waals surface area contributed by atoms with Gasteiger partial charge in [-0.3, -0.25) is 4.79 Å². The van der Waals surface area contributed by atoms with Crippen LogP contribution in [-0.4, -0.2) is 31.2 Å². The summed E-state index contributed by atoms with van der Waals surface area (Å²) in [6.45, 7) is 2.85. The molecule has 26 heavy (non-hydrogen) atoms. The van der Waals surface area contributed by atoms with E-state index in [1.165, 1.54) is 18.1 Å². The Hall–Kier alpha value is -2.66. The third-order valence-electron chi connectivity index (χ3n) is 4.14. The van der Waals surface area contributed by atoms with Gasteiger partial charge in [-0.15, -0.1) is 0 Å². The number of aromatic nitrogens is 1. The lowest BCUT2D eigenvalue weighted by atomic mass is 10.1. The van der Waals surface area contributed by atoms with Crippen LogP contribution in [0.4, 0.5) is 0 Å². The number of hydrogen-bond acceptors (Lipinski definition) is 3. The molecule has 136 valence electrons. The number of halogens is 1. The van der Waals surface area contributed by atoms with E-state index in [-0.39, 0.29) is 5.91 Å². The van der Waals surface area contributed by atoms with Crippen LogP contribution >= 0.6 is 11.6 Å². The molecule has 2 N–H and O–H groups in total. The van der Waals surface area contributed by atoms with Gasteiger partial charge in [-0.1, -0.05) is 29.8 Å². The van der Waals surface area contributed by atoms with Gasteiger partial charge in [-0.05, 0) is 37.1 Å². The molecular weight excluding hydrogens is 352 g/mol. The van der Waals surface area contributed by atoms with Crippen LogP contribution in [0.15, 0.2) is 42.6 Å². The van der Waals surface area contributed by atoms with Gasteiger partial charge in [0.15, 0.2) is 11.5 Å². The Labute approximate surface area is 157 Å². The van der Waals surface area contributed by atoms with Crippen molar-refractivity contribution in [1.82, 2.24) is 10.3 Å². The van der Waals surface area contributed by atoms with E-state index in [0.29, 0.717) is 35.2 Å². The minimum atomic E-state index is -0.201. The topological polar surface area (TPSA) is 63.3 Å². The average Bonchev–Trinajstić information content (AvgIpc) is 3.06. The Morgan fingerprint density at radius 3 is 2.85 bits per heavy atom. The van der Waals surface area contributed by atoms with Gasteiger partial charge in [0.1, 0.15) is 0 Å². The predicted octanol–water partition coefficient (Wildman–Crippen LogP) is 4.20. The predicted molar refractivity (Wildman–Crippen MR) is 104 cm³/mol. The quantitative estimate of drug-likeness (QED) is 0.653. The normalized spacial score (nSPS) is 10.7. The first kappa shape index (κ1) is 18.1. The van der Waals surface area contributed by atoms with Gasteiger partial charge in [0.2, 0.25) is 0 Å². The first-order valence-electron chi connectivity index (χ1n) is 8.47. The number of hydrogen-bond donors (Lipinski definition) is 2. The molecule has 3 rings (SSSR count).